The number of hydrogen-bond donors (Lipinski definition) is 1. The molecule has 1 aliphatic carbocycles. The maximum atomic E-state index is 14.3. The van der Waals surface area contributed by atoms with Crippen molar-refractivity contribution >= 4 is 15.9 Å². The summed E-state index contributed by atoms with van der Waals surface area (Å²) in [5, 5.41) is 3.14. The molecule has 1 aliphatic rings. The maximum Gasteiger partial charge on any atom is 0.145 e. The molecule has 1 atom stereocenters. The molecule has 1 saturated carbocycles. The molecule has 0 aromatic heterocycles. The summed E-state index contributed by atoms with van der Waals surface area (Å²) in [7, 11) is 1.78. The molecule has 0 aliphatic heterocycles. The Bertz CT molecular complexity index is 456. The largest absolute Gasteiger partial charge is 0.312 e. The Hall–Kier alpha value is -0.480. The van der Waals surface area contributed by atoms with E-state index in [4.69, 9.17) is 0 Å². The van der Waals surface area contributed by atoms with Crippen LogP contribution in [0.1, 0.15) is 50.6 Å². The number of nitrogens with one attached hydrogen (secondary N) is 1. The van der Waals surface area contributed by atoms with Crippen molar-refractivity contribution in [1.82, 2.24) is 5.32 Å². The van der Waals surface area contributed by atoms with Crippen LogP contribution in [0.4, 0.5) is 8.78 Å². The summed E-state index contributed by atoms with van der Waals surface area (Å²) >= 11 is 3.15. The van der Waals surface area contributed by atoms with Crippen molar-refractivity contribution < 1.29 is 8.78 Å². The van der Waals surface area contributed by atoms with E-state index in [1.165, 1.54) is 18.6 Å². The second-order valence-corrected chi connectivity index (χ2v) is 6.55. The van der Waals surface area contributed by atoms with Crippen LogP contribution in [0.5, 0.6) is 0 Å². The Morgan fingerprint density at radius 1 is 1.21 bits per heavy atom. The maximum absolute atomic E-state index is 14.3. The Labute approximate surface area is 121 Å². The quantitative estimate of drug-likeness (QED) is 0.772. The van der Waals surface area contributed by atoms with Crippen LogP contribution < -0.4 is 5.32 Å². The number of benzene rings is 1. The topological polar surface area (TPSA) is 12.0 Å². The molecule has 106 valence electrons. The highest BCUT2D eigenvalue weighted by Crippen LogP contribution is 2.47. The summed E-state index contributed by atoms with van der Waals surface area (Å²) in [6.45, 7) is 2.13. The van der Waals surface area contributed by atoms with Gasteiger partial charge in [0, 0.05) is 11.6 Å². The predicted octanol–water partition coefficient (Wildman–Crippen LogP) is 4.96. The first-order valence-corrected chi connectivity index (χ1v) is 7.59. The summed E-state index contributed by atoms with van der Waals surface area (Å²) in [5.74, 6) is -0.946. The van der Waals surface area contributed by atoms with Gasteiger partial charge in [-0.05, 0) is 53.4 Å². The molecule has 1 unspecified atom stereocenters. The molecule has 4 heteroatoms. The number of rotatable bonds is 3. The molecule has 1 nitrogen and oxygen atoms in total. The molecule has 1 aromatic rings. The van der Waals surface area contributed by atoms with Gasteiger partial charge < -0.3 is 5.32 Å². The van der Waals surface area contributed by atoms with Crippen LogP contribution in [0.3, 0.4) is 0 Å². The third kappa shape index (κ3) is 2.84. The highest BCUT2D eigenvalue weighted by Gasteiger charge is 2.38. The van der Waals surface area contributed by atoms with E-state index in [2.05, 4.69) is 28.2 Å². The highest BCUT2D eigenvalue weighted by molar-refractivity contribution is 9.10. The third-order valence-corrected chi connectivity index (χ3v) is 4.96. The average Bonchev–Trinajstić information content (AvgIpc) is 2.40. The van der Waals surface area contributed by atoms with Crippen LogP contribution in [-0.2, 0) is 0 Å². The Balaban J connectivity index is 2.44. The lowest BCUT2D eigenvalue weighted by Crippen LogP contribution is -2.37. The average molecular weight is 332 g/mol. The highest BCUT2D eigenvalue weighted by atomic mass is 79.9. The van der Waals surface area contributed by atoms with E-state index in [1.54, 1.807) is 7.05 Å². The van der Waals surface area contributed by atoms with Crippen LogP contribution >= 0.6 is 15.9 Å². The minimum atomic E-state index is -0.480. The predicted molar refractivity (Wildman–Crippen MR) is 77.1 cm³/mol. The first-order valence-electron chi connectivity index (χ1n) is 6.80. The molecule has 1 N–H and O–H groups in total. The summed E-state index contributed by atoms with van der Waals surface area (Å²) < 4.78 is 28.7. The molecule has 1 fully saturated rings. The standard InChI is InChI=1S/C15H20BrF2N/c1-15(8-4-3-5-9-15)14(19-2)12-11(17)7-6-10(16)13(12)18/h6-7,14,19H,3-5,8-9H2,1-2H3. The van der Waals surface area contributed by atoms with Crippen LogP contribution in [0, 0.1) is 17.0 Å². The van der Waals surface area contributed by atoms with Gasteiger partial charge >= 0.3 is 0 Å². The fraction of sp³-hybridized carbons (Fsp3) is 0.600. The fourth-order valence-electron chi connectivity index (χ4n) is 3.30. The van der Waals surface area contributed by atoms with Crippen molar-refractivity contribution in [1.29, 1.82) is 0 Å². The molecule has 0 heterocycles. The summed E-state index contributed by atoms with van der Waals surface area (Å²) in [5.41, 5.74) is 0.0800. The molecule has 2 rings (SSSR count). The zero-order valence-electron chi connectivity index (χ0n) is 11.4. The van der Waals surface area contributed by atoms with Gasteiger partial charge in [-0.2, -0.15) is 0 Å². The molecule has 0 radical (unpaired) electrons. The minimum Gasteiger partial charge on any atom is -0.312 e. The van der Waals surface area contributed by atoms with E-state index in [-0.39, 0.29) is 17.0 Å². The van der Waals surface area contributed by atoms with E-state index < -0.39 is 11.6 Å². The smallest absolute Gasteiger partial charge is 0.145 e. The van der Waals surface area contributed by atoms with Gasteiger partial charge in [0.15, 0.2) is 0 Å². The lowest BCUT2D eigenvalue weighted by Gasteiger charge is -2.41. The van der Waals surface area contributed by atoms with Gasteiger partial charge in [-0.1, -0.05) is 26.2 Å². The lowest BCUT2D eigenvalue weighted by molar-refractivity contribution is 0.145. The van der Waals surface area contributed by atoms with Crippen molar-refractivity contribution in [3.63, 3.8) is 0 Å². The van der Waals surface area contributed by atoms with Gasteiger partial charge in [-0.15, -0.1) is 0 Å². The first kappa shape index (κ1) is 14.9. The summed E-state index contributed by atoms with van der Waals surface area (Å²) in [6.07, 6.45) is 5.49. The van der Waals surface area contributed by atoms with E-state index >= 15 is 0 Å². The normalized spacial score (nSPS) is 20.3. The second kappa shape index (κ2) is 5.88. The van der Waals surface area contributed by atoms with Crippen LogP contribution in [-0.4, -0.2) is 7.05 Å². The van der Waals surface area contributed by atoms with Crippen LogP contribution in [0.25, 0.3) is 0 Å². The fourth-order valence-corrected chi connectivity index (χ4v) is 3.64. The van der Waals surface area contributed by atoms with Crippen molar-refractivity contribution in [2.24, 2.45) is 5.41 Å². The molecule has 0 saturated heterocycles. The monoisotopic (exact) mass is 331 g/mol. The summed E-state index contributed by atoms with van der Waals surface area (Å²) in [6, 6.07) is 2.47. The van der Waals surface area contributed by atoms with Crippen LogP contribution in [0.2, 0.25) is 0 Å². The third-order valence-electron chi connectivity index (χ3n) is 4.35. The zero-order valence-corrected chi connectivity index (χ0v) is 13.0. The zero-order chi connectivity index (χ0) is 14.0. The van der Waals surface area contributed by atoms with E-state index in [9.17, 15) is 8.78 Å². The number of halogens is 3. The molecular weight excluding hydrogens is 312 g/mol. The molecule has 0 amide bonds. The van der Waals surface area contributed by atoms with E-state index in [0.717, 1.165) is 25.7 Å². The Morgan fingerprint density at radius 3 is 2.42 bits per heavy atom. The van der Waals surface area contributed by atoms with Crippen molar-refractivity contribution in [2.75, 3.05) is 7.05 Å². The molecule has 1 aromatic carbocycles. The van der Waals surface area contributed by atoms with Crippen LogP contribution in [0.15, 0.2) is 16.6 Å². The van der Waals surface area contributed by atoms with E-state index in [1.807, 2.05) is 0 Å². The van der Waals surface area contributed by atoms with Crippen molar-refractivity contribution in [2.45, 2.75) is 45.1 Å². The van der Waals surface area contributed by atoms with Crippen molar-refractivity contribution in [3.05, 3.63) is 33.8 Å². The number of hydrogen-bond acceptors (Lipinski definition) is 1. The summed E-state index contributed by atoms with van der Waals surface area (Å²) in [4.78, 5) is 0. The van der Waals surface area contributed by atoms with Gasteiger partial charge in [0.2, 0.25) is 0 Å². The second-order valence-electron chi connectivity index (χ2n) is 5.69. The molecular formula is C15H20BrF2N. The minimum absolute atomic E-state index is 0.0878. The first-order chi connectivity index (χ1) is 8.99. The van der Waals surface area contributed by atoms with Crippen molar-refractivity contribution in [3.8, 4) is 0 Å². The Kier molecular flexibility index (Phi) is 4.62. The lowest BCUT2D eigenvalue weighted by atomic mass is 9.68. The van der Waals surface area contributed by atoms with E-state index in [0.29, 0.717) is 4.47 Å². The van der Waals surface area contributed by atoms with Gasteiger partial charge in [-0.25, -0.2) is 8.78 Å². The molecule has 19 heavy (non-hydrogen) atoms. The van der Waals surface area contributed by atoms with Gasteiger partial charge in [-0.3, -0.25) is 0 Å². The van der Waals surface area contributed by atoms with Gasteiger partial charge in [0.05, 0.1) is 4.47 Å². The molecule has 0 bridgehead atoms. The SMILES string of the molecule is CNC(c1c(F)ccc(Br)c1F)C1(C)CCCCC1. The Morgan fingerprint density at radius 2 is 1.84 bits per heavy atom. The van der Waals surface area contributed by atoms with Gasteiger partial charge in [0.1, 0.15) is 11.6 Å². The van der Waals surface area contributed by atoms with Gasteiger partial charge in [0.25, 0.3) is 0 Å². The molecule has 0 spiro atoms.